The molecule has 0 aliphatic heterocycles. The fourth-order valence-electron chi connectivity index (χ4n) is 3.94. The van der Waals surface area contributed by atoms with E-state index in [1.807, 2.05) is 0 Å². The van der Waals surface area contributed by atoms with Crippen LogP contribution in [0.15, 0.2) is 0 Å². The van der Waals surface area contributed by atoms with Gasteiger partial charge in [-0.2, -0.15) is 0 Å². The van der Waals surface area contributed by atoms with E-state index in [1.165, 1.54) is 77.4 Å². The zero-order valence-corrected chi connectivity index (χ0v) is 13.2. The van der Waals surface area contributed by atoms with Gasteiger partial charge in [0.15, 0.2) is 0 Å². The highest BCUT2D eigenvalue weighted by molar-refractivity contribution is 4.77. The van der Waals surface area contributed by atoms with E-state index >= 15 is 0 Å². The minimum atomic E-state index is 0.847. The van der Waals surface area contributed by atoms with Crippen molar-refractivity contribution in [1.29, 1.82) is 0 Å². The Morgan fingerprint density at radius 1 is 1.00 bits per heavy atom. The molecule has 0 saturated heterocycles. The lowest BCUT2D eigenvalue weighted by molar-refractivity contribution is 0.164. The molecule has 0 bridgehead atoms. The SMILES string of the molecule is CC1CCCC(N(C)CCNCC2CCCCC2)C1. The first kappa shape index (κ1) is 15.3. The molecular formula is C17H34N2. The summed E-state index contributed by atoms with van der Waals surface area (Å²) in [7, 11) is 2.32. The first-order chi connectivity index (χ1) is 9.25. The zero-order chi connectivity index (χ0) is 13.5. The molecule has 2 aliphatic carbocycles. The number of hydrogen-bond donors (Lipinski definition) is 1. The normalized spacial score (nSPS) is 29.8. The van der Waals surface area contributed by atoms with Crippen LogP contribution in [0.1, 0.15) is 64.7 Å². The molecule has 19 heavy (non-hydrogen) atoms. The molecule has 2 unspecified atom stereocenters. The van der Waals surface area contributed by atoms with Crippen molar-refractivity contribution in [1.82, 2.24) is 10.2 Å². The zero-order valence-electron chi connectivity index (χ0n) is 13.2. The standard InChI is InChI=1S/C17H34N2/c1-15-7-6-10-17(13-15)19(2)12-11-18-14-16-8-4-3-5-9-16/h15-18H,3-14H2,1-2H3. The van der Waals surface area contributed by atoms with Crippen LogP contribution in [0.3, 0.4) is 0 Å². The molecular weight excluding hydrogens is 232 g/mol. The van der Waals surface area contributed by atoms with Gasteiger partial charge in [-0.3, -0.25) is 0 Å². The molecule has 2 heteroatoms. The number of likely N-dealkylation sites (N-methyl/N-ethyl adjacent to an activating group) is 1. The third-order valence-electron chi connectivity index (χ3n) is 5.33. The van der Waals surface area contributed by atoms with Gasteiger partial charge in [-0.1, -0.05) is 39.0 Å². The minimum Gasteiger partial charge on any atom is -0.315 e. The summed E-state index contributed by atoms with van der Waals surface area (Å²) in [5, 5.41) is 3.69. The summed E-state index contributed by atoms with van der Waals surface area (Å²) in [6.45, 7) is 6.08. The van der Waals surface area contributed by atoms with Gasteiger partial charge in [-0.25, -0.2) is 0 Å². The van der Waals surface area contributed by atoms with Crippen molar-refractivity contribution in [2.75, 3.05) is 26.7 Å². The van der Waals surface area contributed by atoms with Crippen LogP contribution in [0.2, 0.25) is 0 Å². The van der Waals surface area contributed by atoms with Crippen molar-refractivity contribution in [2.45, 2.75) is 70.8 Å². The molecule has 0 spiro atoms. The van der Waals surface area contributed by atoms with Gasteiger partial charge in [0.2, 0.25) is 0 Å². The van der Waals surface area contributed by atoms with Crippen LogP contribution in [0.5, 0.6) is 0 Å². The van der Waals surface area contributed by atoms with Gasteiger partial charge >= 0.3 is 0 Å². The lowest BCUT2D eigenvalue weighted by atomic mass is 9.86. The second-order valence-corrected chi connectivity index (χ2v) is 7.11. The van der Waals surface area contributed by atoms with E-state index in [1.54, 1.807) is 0 Å². The Balaban J connectivity index is 1.54. The highest BCUT2D eigenvalue weighted by Gasteiger charge is 2.21. The van der Waals surface area contributed by atoms with E-state index in [4.69, 9.17) is 0 Å². The lowest BCUT2D eigenvalue weighted by Gasteiger charge is -2.34. The highest BCUT2D eigenvalue weighted by atomic mass is 15.1. The first-order valence-corrected chi connectivity index (χ1v) is 8.66. The Morgan fingerprint density at radius 3 is 2.53 bits per heavy atom. The van der Waals surface area contributed by atoms with Gasteiger partial charge in [0.25, 0.3) is 0 Å². The van der Waals surface area contributed by atoms with Crippen LogP contribution in [-0.4, -0.2) is 37.6 Å². The van der Waals surface area contributed by atoms with Crippen LogP contribution < -0.4 is 5.32 Å². The third kappa shape index (κ3) is 5.43. The Kier molecular flexibility index (Phi) is 6.66. The Labute approximate surface area is 120 Å². The summed E-state index contributed by atoms with van der Waals surface area (Å²) in [5.74, 6) is 1.91. The molecule has 2 nitrogen and oxygen atoms in total. The monoisotopic (exact) mass is 266 g/mol. The van der Waals surface area contributed by atoms with Gasteiger partial charge in [-0.05, 0) is 51.1 Å². The molecule has 0 aromatic rings. The fourth-order valence-corrected chi connectivity index (χ4v) is 3.94. The van der Waals surface area contributed by atoms with E-state index in [9.17, 15) is 0 Å². The van der Waals surface area contributed by atoms with Gasteiger partial charge in [0.05, 0.1) is 0 Å². The van der Waals surface area contributed by atoms with Crippen molar-refractivity contribution in [3.8, 4) is 0 Å². The third-order valence-corrected chi connectivity index (χ3v) is 5.33. The summed E-state index contributed by atoms with van der Waals surface area (Å²) in [6, 6.07) is 0.847. The molecule has 0 aromatic heterocycles. The smallest absolute Gasteiger partial charge is 0.0107 e. The Hall–Kier alpha value is -0.0800. The van der Waals surface area contributed by atoms with Crippen LogP contribution in [-0.2, 0) is 0 Å². The molecule has 1 N–H and O–H groups in total. The van der Waals surface area contributed by atoms with E-state index in [0.717, 1.165) is 17.9 Å². The molecule has 0 amide bonds. The summed E-state index contributed by atoms with van der Waals surface area (Å²) in [6.07, 6.45) is 13.0. The maximum atomic E-state index is 3.69. The average Bonchev–Trinajstić information content (AvgIpc) is 2.44. The first-order valence-electron chi connectivity index (χ1n) is 8.66. The predicted molar refractivity (Wildman–Crippen MR) is 83.5 cm³/mol. The number of nitrogens with one attached hydrogen (secondary N) is 1. The molecule has 0 aromatic carbocycles. The van der Waals surface area contributed by atoms with Gasteiger partial charge in [0, 0.05) is 19.1 Å². The topological polar surface area (TPSA) is 15.3 Å². The Morgan fingerprint density at radius 2 is 1.79 bits per heavy atom. The number of nitrogens with zero attached hydrogens (tertiary/aromatic N) is 1. The van der Waals surface area contributed by atoms with E-state index in [0.29, 0.717) is 0 Å². The van der Waals surface area contributed by atoms with Crippen LogP contribution in [0, 0.1) is 11.8 Å². The fraction of sp³-hybridized carbons (Fsp3) is 1.00. The average molecular weight is 266 g/mol. The van der Waals surface area contributed by atoms with Crippen LogP contribution >= 0.6 is 0 Å². The van der Waals surface area contributed by atoms with Crippen LogP contribution in [0.25, 0.3) is 0 Å². The Bertz CT molecular complexity index is 235. The highest BCUT2D eigenvalue weighted by Crippen LogP contribution is 2.26. The second kappa shape index (κ2) is 8.26. The van der Waals surface area contributed by atoms with Crippen molar-refractivity contribution in [3.63, 3.8) is 0 Å². The predicted octanol–water partition coefficient (Wildman–Crippen LogP) is 3.67. The lowest BCUT2D eigenvalue weighted by Crippen LogP contribution is -2.40. The summed E-state index contributed by atoms with van der Waals surface area (Å²) >= 11 is 0. The number of hydrogen-bond acceptors (Lipinski definition) is 2. The molecule has 2 fully saturated rings. The second-order valence-electron chi connectivity index (χ2n) is 7.11. The molecule has 112 valence electrons. The quantitative estimate of drug-likeness (QED) is 0.738. The maximum Gasteiger partial charge on any atom is 0.0107 e. The van der Waals surface area contributed by atoms with E-state index in [2.05, 4.69) is 24.2 Å². The number of rotatable bonds is 6. The van der Waals surface area contributed by atoms with Crippen molar-refractivity contribution < 1.29 is 0 Å². The van der Waals surface area contributed by atoms with E-state index in [-0.39, 0.29) is 0 Å². The molecule has 0 radical (unpaired) electrons. The van der Waals surface area contributed by atoms with Crippen molar-refractivity contribution in [3.05, 3.63) is 0 Å². The summed E-state index contributed by atoms with van der Waals surface area (Å²) < 4.78 is 0. The van der Waals surface area contributed by atoms with Gasteiger partial charge in [0.1, 0.15) is 0 Å². The molecule has 2 atom stereocenters. The van der Waals surface area contributed by atoms with Crippen molar-refractivity contribution in [2.24, 2.45) is 11.8 Å². The van der Waals surface area contributed by atoms with Gasteiger partial charge < -0.3 is 10.2 Å². The minimum absolute atomic E-state index is 0.847. The molecule has 2 rings (SSSR count). The maximum absolute atomic E-state index is 3.69. The van der Waals surface area contributed by atoms with Gasteiger partial charge in [-0.15, -0.1) is 0 Å². The van der Waals surface area contributed by atoms with Crippen LogP contribution in [0.4, 0.5) is 0 Å². The molecule has 2 aliphatic rings. The summed E-state index contributed by atoms with van der Waals surface area (Å²) in [4.78, 5) is 2.60. The van der Waals surface area contributed by atoms with Crippen molar-refractivity contribution >= 4 is 0 Å². The molecule has 0 heterocycles. The largest absolute Gasteiger partial charge is 0.315 e. The van der Waals surface area contributed by atoms with E-state index < -0.39 is 0 Å². The molecule has 2 saturated carbocycles. The summed E-state index contributed by atoms with van der Waals surface area (Å²) in [5.41, 5.74) is 0.